The van der Waals surface area contributed by atoms with Crippen molar-refractivity contribution in [2.75, 3.05) is 0 Å². The maximum atomic E-state index is 5.98. The Morgan fingerprint density at radius 2 is 1.70 bits per heavy atom. The predicted molar refractivity (Wildman–Crippen MR) is 91.8 cm³/mol. The van der Waals surface area contributed by atoms with E-state index >= 15 is 0 Å². The van der Waals surface area contributed by atoms with Gasteiger partial charge in [0.05, 0.1) is 5.69 Å². The van der Waals surface area contributed by atoms with Crippen molar-refractivity contribution < 1.29 is 4.74 Å². The Kier molecular flexibility index (Phi) is 4.43. The number of hydrogen-bond acceptors (Lipinski definition) is 4. The van der Waals surface area contributed by atoms with E-state index in [4.69, 9.17) is 4.74 Å². The molecule has 23 heavy (non-hydrogen) atoms. The highest BCUT2D eigenvalue weighted by atomic mass is 79.9. The average Bonchev–Trinajstić information content (AvgIpc) is 2.95. The van der Waals surface area contributed by atoms with Gasteiger partial charge in [0, 0.05) is 4.47 Å². The van der Waals surface area contributed by atoms with E-state index in [0.717, 1.165) is 27.0 Å². The van der Waals surface area contributed by atoms with Crippen LogP contribution in [-0.4, -0.2) is 20.2 Å². The first-order valence-electron chi connectivity index (χ1n) is 7.28. The van der Waals surface area contributed by atoms with E-state index in [1.165, 1.54) is 5.56 Å². The first-order valence-corrected chi connectivity index (χ1v) is 8.08. The van der Waals surface area contributed by atoms with Gasteiger partial charge in [0.1, 0.15) is 12.4 Å². The SMILES string of the molecule is Cc1cc(C)c(OCc2nnnn2-c2ccc(Br)cc2)c(C)c1. The van der Waals surface area contributed by atoms with Gasteiger partial charge >= 0.3 is 0 Å². The Morgan fingerprint density at radius 1 is 1.04 bits per heavy atom. The molecule has 118 valence electrons. The molecule has 0 spiro atoms. The van der Waals surface area contributed by atoms with Crippen molar-refractivity contribution in [1.82, 2.24) is 20.2 Å². The minimum atomic E-state index is 0.313. The summed E-state index contributed by atoms with van der Waals surface area (Å²) in [6.45, 7) is 6.49. The van der Waals surface area contributed by atoms with Crippen LogP contribution in [-0.2, 0) is 6.61 Å². The summed E-state index contributed by atoms with van der Waals surface area (Å²) in [5.41, 5.74) is 4.36. The number of tetrazole rings is 1. The van der Waals surface area contributed by atoms with Crippen LogP contribution >= 0.6 is 15.9 Å². The standard InChI is InChI=1S/C17H17BrN4O/c1-11-8-12(2)17(13(3)9-11)23-10-16-19-20-21-22(16)15-6-4-14(18)5-7-15/h4-9H,10H2,1-3H3. The molecule has 0 aliphatic rings. The van der Waals surface area contributed by atoms with Crippen LogP contribution in [0.15, 0.2) is 40.9 Å². The highest BCUT2D eigenvalue weighted by Gasteiger charge is 2.11. The van der Waals surface area contributed by atoms with Crippen LogP contribution in [0.25, 0.3) is 5.69 Å². The first kappa shape index (κ1) is 15.7. The molecule has 0 atom stereocenters. The van der Waals surface area contributed by atoms with Gasteiger partial charge in [-0.05, 0) is 66.6 Å². The molecule has 6 heteroatoms. The fraction of sp³-hybridized carbons (Fsp3) is 0.235. The van der Waals surface area contributed by atoms with Crippen molar-refractivity contribution in [3.05, 3.63) is 63.4 Å². The molecule has 0 aliphatic carbocycles. The summed E-state index contributed by atoms with van der Waals surface area (Å²) < 4.78 is 8.68. The smallest absolute Gasteiger partial charge is 0.194 e. The summed E-state index contributed by atoms with van der Waals surface area (Å²) >= 11 is 3.42. The monoisotopic (exact) mass is 372 g/mol. The first-order chi connectivity index (χ1) is 11.0. The third-order valence-corrected chi connectivity index (χ3v) is 4.08. The number of aryl methyl sites for hydroxylation is 3. The fourth-order valence-electron chi connectivity index (χ4n) is 2.61. The molecule has 1 aromatic heterocycles. The zero-order valence-electron chi connectivity index (χ0n) is 13.2. The van der Waals surface area contributed by atoms with Crippen LogP contribution in [0.2, 0.25) is 0 Å². The fourth-order valence-corrected chi connectivity index (χ4v) is 2.87. The van der Waals surface area contributed by atoms with Gasteiger partial charge in [-0.1, -0.05) is 33.6 Å². The van der Waals surface area contributed by atoms with Crippen LogP contribution in [0, 0.1) is 20.8 Å². The molecular weight excluding hydrogens is 356 g/mol. The third-order valence-electron chi connectivity index (χ3n) is 3.56. The molecule has 0 aliphatic heterocycles. The highest BCUT2D eigenvalue weighted by molar-refractivity contribution is 9.10. The molecular formula is C17H17BrN4O. The number of nitrogens with zero attached hydrogens (tertiary/aromatic N) is 4. The lowest BCUT2D eigenvalue weighted by Crippen LogP contribution is -2.08. The van der Waals surface area contributed by atoms with Gasteiger partial charge < -0.3 is 4.74 Å². The van der Waals surface area contributed by atoms with Crippen LogP contribution in [0.5, 0.6) is 5.75 Å². The number of benzene rings is 2. The molecule has 0 amide bonds. The minimum Gasteiger partial charge on any atom is -0.485 e. The average molecular weight is 373 g/mol. The van der Waals surface area contributed by atoms with E-state index in [2.05, 4.69) is 50.5 Å². The summed E-state index contributed by atoms with van der Waals surface area (Å²) in [5, 5.41) is 11.9. The summed E-state index contributed by atoms with van der Waals surface area (Å²) in [7, 11) is 0. The molecule has 0 unspecified atom stereocenters. The number of rotatable bonds is 4. The molecule has 0 bridgehead atoms. The number of aromatic nitrogens is 4. The van der Waals surface area contributed by atoms with Gasteiger partial charge in [-0.3, -0.25) is 0 Å². The van der Waals surface area contributed by atoms with Gasteiger partial charge in [-0.2, -0.15) is 4.68 Å². The molecule has 3 aromatic rings. The molecule has 0 fully saturated rings. The van der Waals surface area contributed by atoms with Gasteiger partial charge in [0.15, 0.2) is 5.82 Å². The second-order valence-corrected chi connectivity index (χ2v) is 6.42. The predicted octanol–water partition coefficient (Wildman–Crippen LogP) is 3.93. The van der Waals surface area contributed by atoms with Gasteiger partial charge in [-0.15, -0.1) is 5.10 Å². The maximum absolute atomic E-state index is 5.98. The van der Waals surface area contributed by atoms with Crippen molar-refractivity contribution in [1.29, 1.82) is 0 Å². The lowest BCUT2D eigenvalue weighted by molar-refractivity contribution is 0.288. The number of hydrogen-bond donors (Lipinski definition) is 0. The molecule has 0 saturated heterocycles. The van der Waals surface area contributed by atoms with E-state index in [9.17, 15) is 0 Å². The Bertz CT molecular complexity index is 804. The number of halogens is 1. The summed E-state index contributed by atoms with van der Waals surface area (Å²) in [6, 6.07) is 12.0. The third kappa shape index (κ3) is 3.42. The highest BCUT2D eigenvalue weighted by Crippen LogP contribution is 2.25. The van der Waals surface area contributed by atoms with Crippen molar-refractivity contribution in [2.24, 2.45) is 0 Å². The van der Waals surface area contributed by atoms with Crippen molar-refractivity contribution >= 4 is 15.9 Å². The van der Waals surface area contributed by atoms with Crippen molar-refractivity contribution in [3.63, 3.8) is 0 Å². The zero-order chi connectivity index (χ0) is 16.4. The molecule has 3 rings (SSSR count). The molecule has 0 N–H and O–H groups in total. The Labute approximate surface area is 143 Å². The largest absolute Gasteiger partial charge is 0.485 e. The molecule has 1 heterocycles. The summed E-state index contributed by atoms with van der Waals surface area (Å²) in [5.74, 6) is 1.55. The van der Waals surface area contributed by atoms with Crippen LogP contribution in [0.1, 0.15) is 22.5 Å². The second-order valence-electron chi connectivity index (χ2n) is 5.50. The van der Waals surface area contributed by atoms with Crippen LogP contribution in [0.4, 0.5) is 0 Å². The van der Waals surface area contributed by atoms with Crippen molar-refractivity contribution in [2.45, 2.75) is 27.4 Å². The van der Waals surface area contributed by atoms with Crippen molar-refractivity contribution in [3.8, 4) is 11.4 Å². The van der Waals surface area contributed by atoms with E-state index in [1.807, 2.05) is 38.1 Å². The van der Waals surface area contributed by atoms with E-state index in [0.29, 0.717) is 12.4 Å². The molecule has 0 saturated carbocycles. The van der Waals surface area contributed by atoms with Gasteiger partial charge in [0.2, 0.25) is 0 Å². The van der Waals surface area contributed by atoms with Gasteiger partial charge in [-0.25, -0.2) is 0 Å². The Balaban J connectivity index is 1.83. The van der Waals surface area contributed by atoms with E-state index < -0.39 is 0 Å². The number of ether oxygens (including phenoxy) is 1. The summed E-state index contributed by atoms with van der Waals surface area (Å²) in [4.78, 5) is 0. The van der Waals surface area contributed by atoms with Crippen LogP contribution < -0.4 is 4.74 Å². The summed E-state index contributed by atoms with van der Waals surface area (Å²) in [6.07, 6.45) is 0. The van der Waals surface area contributed by atoms with E-state index in [1.54, 1.807) is 4.68 Å². The molecule has 5 nitrogen and oxygen atoms in total. The quantitative estimate of drug-likeness (QED) is 0.696. The van der Waals surface area contributed by atoms with Crippen LogP contribution in [0.3, 0.4) is 0 Å². The Morgan fingerprint density at radius 3 is 2.35 bits per heavy atom. The maximum Gasteiger partial charge on any atom is 0.194 e. The molecule has 0 radical (unpaired) electrons. The topological polar surface area (TPSA) is 52.8 Å². The second kappa shape index (κ2) is 6.50. The lowest BCUT2D eigenvalue weighted by atomic mass is 10.1. The van der Waals surface area contributed by atoms with Gasteiger partial charge in [0.25, 0.3) is 0 Å². The lowest BCUT2D eigenvalue weighted by Gasteiger charge is -2.13. The molecule has 2 aromatic carbocycles. The van der Waals surface area contributed by atoms with E-state index in [-0.39, 0.29) is 0 Å². The normalized spacial score (nSPS) is 10.8. The minimum absolute atomic E-state index is 0.313. The Hall–Kier alpha value is -2.21. The zero-order valence-corrected chi connectivity index (χ0v) is 14.8.